The first-order chi connectivity index (χ1) is 6.77. The zero-order valence-corrected chi connectivity index (χ0v) is 7.73. The van der Waals surface area contributed by atoms with Gasteiger partial charge in [0.1, 0.15) is 0 Å². The molecule has 0 bridgehead atoms. The van der Waals surface area contributed by atoms with Gasteiger partial charge in [0.15, 0.2) is 12.2 Å². The summed E-state index contributed by atoms with van der Waals surface area (Å²) >= 11 is -2.28. The number of hydrogen-bond acceptors (Lipinski definition) is 5. The summed E-state index contributed by atoms with van der Waals surface area (Å²) in [5.74, 6) is 0.491. The Morgan fingerprint density at radius 3 is 2.79 bits per heavy atom. The van der Waals surface area contributed by atoms with E-state index in [0.717, 1.165) is 0 Å². The highest BCUT2D eigenvalue weighted by Gasteiger charge is 2.02. The Labute approximate surface area is 82.1 Å². The quantitative estimate of drug-likeness (QED) is 0.688. The third-order valence-corrected chi connectivity index (χ3v) is 2.23. The minimum atomic E-state index is -2.28. The fourth-order valence-corrected chi connectivity index (χ4v) is 1.37. The first kappa shape index (κ1) is 9.04. The molecule has 2 rings (SSSR count). The topological polar surface area (TPSA) is 79.0 Å². The zero-order valence-electron chi connectivity index (χ0n) is 6.91. The summed E-state index contributed by atoms with van der Waals surface area (Å²) < 4.78 is 26.3. The molecule has 0 aliphatic carbocycles. The summed E-state index contributed by atoms with van der Waals surface area (Å²) in [5, 5.41) is 0. The van der Waals surface area contributed by atoms with Gasteiger partial charge in [-0.1, -0.05) is 0 Å². The summed E-state index contributed by atoms with van der Waals surface area (Å²) in [6.45, 7) is 0. The summed E-state index contributed by atoms with van der Waals surface area (Å²) in [5.41, 5.74) is 0.587. The fourth-order valence-electron chi connectivity index (χ4n) is 1.00. The van der Waals surface area contributed by atoms with Crippen LogP contribution in [0, 0.1) is 0 Å². The molecule has 6 heteroatoms. The van der Waals surface area contributed by atoms with E-state index in [4.69, 9.17) is 4.42 Å². The van der Waals surface area contributed by atoms with Crippen LogP contribution in [0.4, 0.5) is 0 Å². The van der Waals surface area contributed by atoms with Gasteiger partial charge in [0.05, 0.1) is 6.20 Å². The van der Waals surface area contributed by atoms with Crippen molar-refractivity contribution < 1.29 is 13.2 Å². The van der Waals surface area contributed by atoms with Crippen molar-refractivity contribution in [2.75, 3.05) is 0 Å². The molecule has 2 heterocycles. The Bertz CT molecular complexity index is 455. The van der Waals surface area contributed by atoms with Crippen LogP contribution in [0.25, 0.3) is 11.3 Å². The number of aromatic nitrogens is 2. The molecular weight excluding hydrogens is 204 g/mol. The van der Waals surface area contributed by atoms with E-state index in [2.05, 4.69) is 9.97 Å². The second-order valence-corrected chi connectivity index (χ2v) is 3.45. The van der Waals surface area contributed by atoms with Gasteiger partial charge in [0.25, 0.3) is 0 Å². The van der Waals surface area contributed by atoms with Crippen LogP contribution in [0.1, 0.15) is 0 Å². The van der Waals surface area contributed by atoms with Gasteiger partial charge in [-0.2, -0.15) is 0 Å². The molecule has 0 fully saturated rings. The van der Waals surface area contributed by atoms with Gasteiger partial charge < -0.3 is 8.97 Å². The minimum absolute atomic E-state index is 0.124. The first-order valence-electron chi connectivity index (χ1n) is 3.70. The summed E-state index contributed by atoms with van der Waals surface area (Å²) in [6, 6.07) is 1.47. The molecule has 14 heavy (non-hydrogen) atoms. The molecule has 0 amide bonds. The average molecular weight is 209 g/mol. The molecule has 5 nitrogen and oxygen atoms in total. The van der Waals surface area contributed by atoms with Gasteiger partial charge >= 0.3 is 0 Å². The Morgan fingerprint density at radius 1 is 1.29 bits per heavy atom. The van der Waals surface area contributed by atoms with E-state index in [0.29, 0.717) is 11.3 Å². The maximum Gasteiger partial charge on any atom is 0.181 e. The maximum atomic E-state index is 10.6. The molecular formula is C8H5N2O3S-. The van der Waals surface area contributed by atoms with Crippen LogP contribution in [0.2, 0.25) is 0 Å². The van der Waals surface area contributed by atoms with E-state index in [-0.39, 0.29) is 4.90 Å². The molecule has 2 aromatic rings. The monoisotopic (exact) mass is 209 g/mol. The molecule has 72 valence electrons. The number of hydrogen-bond donors (Lipinski definition) is 0. The number of rotatable bonds is 2. The SMILES string of the molecule is O=S([O-])c1cncc(-c2cnco2)c1. The van der Waals surface area contributed by atoms with Crippen LogP contribution in [-0.4, -0.2) is 18.7 Å². The lowest BCUT2D eigenvalue weighted by molar-refractivity contribution is 0.536. The van der Waals surface area contributed by atoms with Crippen molar-refractivity contribution in [1.29, 1.82) is 0 Å². The predicted octanol–water partition coefficient (Wildman–Crippen LogP) is 0.975. The zero-order chi connectivity index (χ0) is 9.97. The largest absolute Gasteiger partial charge is 0.768 e. The maximum absolute atomic E-state index is 10.6. The average Bonchev–Trinajstić information content (AvgIpc) is 2.71. The van der Waals surface area contributed by atoms with Gasteiger partial charge in [0, 0.05) is 22.9 Å². The van der Waals surface area contributed by atoms with Crippen molar-refractivity contribution in [2.24, 2.45) is 0 Å². The van der Waals surface area contributed by atoms with Gasteiger partial charge in [-0.15, -0.1) is 0 Å². The lowest BCUT2D eigenvalue weighted by atomic mass is 10.2. The van der Waals surface area contributed by atoms with Crippen LogP contribution < -0.4 is 0 Å². The van der Waals surface area contributed by atoms with Crippen LogP contribution in [-0.2, 0) is 11.1 Å². The van der Waals surface area contributed by atoms with E-state index in [1.807, 2.05) is 0 Å². The number of oxazole rings is 1. The van der Waals surface area contributed by atoms with E-state index in [1.54, 1.807) is 0 Å². The summed E-state index contributed by atoms with van der Waals surface area (Å²) in [6.07, 6.45) is 5.55. The van der Waals surface area contributed by atoms with Crippen molar-refractivity contribution in [3.05, 3.63) is 31.1 Å². The smallest absolute Gasteiger partial charge is 0.181 e. The molecule has 1 atom stereocenters. The molecule has 2 aromatic heterocycles. The molecule has 0 aliphatic heterocycles. The van der Waals surface area contributed by atoms with Gasteiger partial charge in [-0.05, 0) is 17.1 Å². The van der Waals surface area contributed by atoms with Crippen molar-refractivity contribution >= 4 is 11.1 Å². The highest BCUT2D eigenvalue weighted by Crippen LogP contribution is 2.19. The van der Waals surface area contributed by atoms with Crippen LogP contribution in [0.5, 0.6) is 0 Å². The summed E-state index contributed by atoms with van der Waals surface area (Å²) in [4.78, 5) is 7.63. The minimum Gasteiger partial charge on any atom is -0.768 e. The van der Waals surface area contributed by atoms with Gasteiger partial charge in [0.2, 0.25) is 0 Å². The Kier molecular flexibility index (Phi) is 2.38. The normalized spacial score (nSPS) is 12.6. The van der Waals surface area contributed by atoms with Crippen LogP contribution in [0.15, 0.2) is 40.4 Å². The molecule has 0 spiro atoms. The first-order valence-corrected chi connectivity index (χ1v) is 4.78. The Hall–Kier alpha value is -1.53. The van der Waals surface area contributed by atoms with E-state index in [9.17, 15) is 8.76 Å². The van der Waals surface area contributed by atoms with Gasteiger partial charge in [-0.25, -0.2) is 4.98 Å². The highest BCUT2D eigenvalue weighted by atomic mass is 32.2. The molecule has 0 saturated heterocycles. The highest BCUT2D eigenvalue weighted by molar-refractivity contribution is 7.79. The van der Waals surface area contributed by atoms with Crippen LogP contribution >= 0.6 is 0 Å². The van der Waals surface area contributed by atoms with E-state index in [1.165, 1.54) is 31.1 Å². The van der Waals surface area contributed by atoms with E-state index >= 15 is 0 Å². The molecule has 0 radical (unpaired) electrons. The second-order valence-electron chi connectivity index (χ2n) is 2.51. The predicted molar refractivity (Wildman–Crippen MR) is 46.9 cm³/mol. The third-order valence-electron chi connectivity index (χ3n) is 1.62. The van der Waals surface area contributed by atoms with Crippen molar-refractivity contribution in [3.63, 3.8) is 0 Å². The molecule has 0 N–H and O–H groups in total. The van der Waals surface area contributed by atoms with Crippen LogP contribution in [0.3, 0.4) is 0 Å². The molecule has 0 aliphatic rings. The second kappa shape index (κ2) is 3.69. The van der Waals surface area contributed by atoms with Crippen molar-refractivity contribution in [2.45, 2.75) is 4.90 Å². The van der Waals surface area contributed by atoms with Crippen molar-refractivity contribution in [1.82, 2.24) is 9.97 Å². The lowest BCUT2D eigenvalue weighted by Crippen LogP contribution is -1.90. The summed E-state index contributed by atoms with van der Waals surface area (Å²) in [7, 11) is 0. The van der Waals surface area contributed by atoms with E-state index < -0.39 is 11.1 Å². The van der Waals surface area contributed by atoms with Gasteiger partial charge in [-0.3, -0.25) is 9.19 Å². The molecule has 1 unspecified atom stereocenters. The number of nitrogens with zero attached hydrogens (tertiary/aromatic N) is 2. The standard InChI is InChI=1S/C8H6N2O3S/c11-14(12)7-1-6(2-9-3-7)8-4-10-5-13-8/h1-5H,(H,11,12)/p-1. The third kappa shape index (κ3) is 1.70. The van der Waals surface area contributed by atoms with Crippen molar-refractivity contribution in [3.8, 4) is 11.3 Å². The molecule has 0 saturated carbocycles. The molecule has 0 aromatic carbocycles. The lowest BCUT2D eigenvalue weighted by Gasteiger charge is -2.04. The Morgan fingerprint density at radius 2 is 2.14 bits per heavy atom. The number of pyridine rings is 1. The Balaban J connectivity index is 2.46. The fraction of sp³-hybridized carbons (Fsp3) is 0.